The predicted octanol–water partition coefficient (Wildman–Crippen LogP) is 27.6. The van der Waals surface area contributed by atoms with Gasteiger partial charge in [0, 0.05) is 19.3 Å². The molecule has 0 aliphatic rings. The maximum absolute atomic E-state index is 13.0. The highest BCUT2D eigenvalue weighted by Gasteiger charge is 2.29. The Bertz CT molecular complexity index is 2630. The molecule has 0 aromatic rings. The Kier molecular flexibility index (Phi) is 83.3. The standard InChI is InChI=1S/C95H164O16P2/c1-4-7-10-13-16-19-22-25-28-30-32-34-36-38-40-42-43-44-45-47-49-50-52-54-56-58-61-63-66-69-72-75-78-81-93(98)105-84-90(96)85-107-112(101,102)108-86-91(97)87-109-113(103,104)110-89-92(111-95(100)83-80-77-74-71-68-65-60-27-24-21-18-15-12-9-6-3)88-106-94(99)82-79-76-73-70-67-64-62-59-57-55-53-51-48-46-41-39-37-35-33-31-29-26-23-20-17-14-11-8-5-2/h7,10,16-21,25-29,32-35,38-41,43-44,60,90-92,96-97H,4-6,8-9,11-15,22-24,30-31,36-37,42,45-59,61-89H2,1-3H3,(H,101,102)(H,103,104)/b10-7-,19-16-,20-17-,21-18-,28-25-,29-26-,34-32-,35-33-,40-38-,41-39-,44-43-,60-27-. The Morgan fingerprint density at radius 3 is 0.743 bits per heavy atom. The summed E-state index contributed by atoms with van der Waals surface area (Å²) >= 11 is 0. The number of rotatable bonds is 85. The van der Waals surface area contributed by atoms with Gasteiger partial charge in [0.15, 0.2) is 6.10 Å². The Morgan fingerprint density at radius 1 is 0.257 bits per heavy atom. The van der Waals surface area contributed by atoms with Crippen LogP contribution in [0.15, 0.2) is 146 Å². The second-order valence-electron chi connectivity index (χ2n) is 30.0. The number of allylic oxidation sites excluding steroid dienone is 24. The van der Waals surface area contributed by atoms with Crippen LogP contribution in [0.1, 0.15) is 380 Å². The van der Waals surface area contributed by atoms with Crippen LogP contribution in [0.3, 0.4) is 0 Å². The number of carbonyl (C=O) groups excluding carboxylic acids is 3. The molecule has 0 aliphatic carbocycles. The minimum atomic E-state index is -4.94. The number of carbonyl (C=O) groups is 3. The van der Waals surface area contributed by atoms with Crippen LogP contribution in [-0.2, 0) is 55.8 Å². The number of phosphoric acid groups is 2. The summed E-state index contributed by atoms with van der Waals surface area (Å²) in [5, 5.41) is 20.7. The van der Waals surface area contributed by atoms with Crippen molar-refractivity contribution in [2.24, 2.45) is 0 Å². The van der Waals surface area contributed by atoms with Crippen LogP contribution < -0.4 is 0 Å². The number of aliphatic hydroxyl groups excluding tert-OH is 2. The van der Waals surface area contributed by atoms with Crippen LogP contribution in [0.2, 0.25) is 0 Å². The molecule has 0 bridgehead atoms. The van der Waals surface area contributed by atoms with E-state index in [1.165, 1.54) is 161 Å². The summed E-state index contributed by atoms with van der Waals surface area (Å²) in [5.41, 5.74) is 0. The third kappa shape index (κ3) is 88.1. The molecule has 4 N–H and O–H groups in total. The van der Waals surface area contributed by atoms with Gasteiger partial charge in [-0.15, -0.1) is 0 Å². The average molecular weight is 1620 g/mol. The quantitative estimate of drug-likeness (QED) is 0.0146. The van der Waals surface area contributed by atoms with Crippen molar-refractivity contribution in [1.29, 1.82) is 0 Å². The van der Waals surface area contributed by atoms with Gasteiger partial charge in [0.25, 0.3) is 0 Å². The summed E-state index contributed by atoms with van der Waals surface area (Å²) in [4.78, 5) is 58.9. The lowest BCUT2D eigenvalue weighted by molar-refractivity contribution is -0.161. The first-order valence-electron chi connectivity index (χ1n) is 45.1. The van der Waals surface area contributed by atoms with E-state index in [1.807, 2.05) is 0 Å². The van der Waals surface area contributed by atoms with Gasteiger partial charge in [-0.25, -0.2) is 9.13 Å². The number of phosphoric ester groups is 2. The van der Waals surface area contributed by atoms with Gasteiger partial charge in [0.2, 0.25) is 0 Å². The average Bonchev–Trinajstić information content (AvgIpc) is 0.903. The molecule has 113 heavy (non-hydrogen) atoms. The molecular weight excluding hydrogens is 1460 g/mol. The van der Waals surface area contributed by atoms with Crippen LogP contribution in [-0.4, -0.2) is 95.9 Å². The van der Waals surface area contributed by atoms with Crippen LogP contribution in [0.4, 0.5) is 0 Å². The number of hydrogen-bond acceptors (Lipinski definition) is 14. The molecule has 650 valence electrons. The highest BCUT2D eigenvalue weighted by atomic mass is 31.2. The lowest BCUT2D eigenvalue weighted by atomic mass is 10.0. The monoisotopic (exact) mass is 1620 g/mol. The molecule has 0 spiro atoms. The smallest absolute Gasteiger partial charge is 0.463 e. The van der Waals surface area contributed by atoms with Gasteiger partial charge in [-0.05, 0) is 148 Å². The number of aliphatic hydroxyl groups is 2. The van der Waals surface area contributed by atoms with E-state index in [0.717, 1.165) is 161 Å². The zero-order chi connectivity index (χ0) is 82.2. The van der Waals surface area contributed by atoms with E-state index in [-0.39, 0.29) is 19.3 Å². The maximum atomic E-state index is 13.0. The van der Waals surface area contributed by atoms with E-state index in [1.54, 1.807) is 0 Å². The number of hydrogen-bond donors (Lipinski definition) is 4. The zero-order valence-electron chi connectivity index (χ0n) is 71.5. The van der Waals surface area contributed by atoms with Crippen molar-refractivity contribution < 1.29 is 75.8 Å². The van der Waals surface area contributed by atoms with Gasteiger partial charge in [0.05, 0.1) is 26.4 Å². The van der Waals surface area contributed by atoms with E-state index in [0.29, 0.717) is 19.3 Å². The Labute approximate surface area is 689 Å². The van der Waals surface area contributed by atoms with E-state index in [2.05, 4.69) is 167 Å². The minimum Gasteiger partial charge on any atom is -0.463 e. The lowest BCUT2D eigenvalue weighted by Gasteiger charge is -2.21. The topological polar surface area (TPSA) is 231 Å². The molecular formula is C95H164O16P2. The third-order valence-electron chi connectivity index (χ3n) is 19.0. The summed E-state index contributed by atoms with van der Waals surface area (Å²) in [5.74, 6) is -1.58. The summed E-state index contributed by atoms with van der Waals surface area (Å²) in [6.45, 7) is 2.54. The Balaban J connectivity index is 4.47. The molecule has 5 atom stereocenters. The molecule has 0 fully saturated rings. The van der Waals surface area contributed by atoms with Gasteiger partial charge >= 0.3 is 33.6 Å². The fourth-order valence-electron chi connectivity index (χ4n) is 12.2. The number of esters is 3. The number of unbranched alkanes of at least 4 members (excludes halogenated alkanes) is 38. The summed E-state index contributed by atoms with van der Waals surface area (Å²) < 4.78 is 61.4. The van der Waals surface area contributed by atoms with Crippen LogP contribution >= 0.6 is 15.6 Å². The van der Waals surface area contributed by atoms with Gasteiger partial charge in [-0.3, -0.25) is 32.5 Å². The fourth-order valence-corrected chi connectivity index (χ4v) is 13.8. The summed E-state index contributed by atoms with van der Waals surface area (Å²) in [6.07, 6.45) is 109. The van der Waals surface area contributed by atoms with Crippen molar-refractivity contribution in [1.82, 2.24) is 0 Å². The highest BCUT2D eigenvalue weighted by molar-refractivity contribution is 7.47. The Hall–Kier alpha value is -4.57. The van der Waals surface area contributed by atoms with Gasteiger partial charge in [-0.2, -0.15) is 0 Å². The molecule has 18 heteroatoms. The molecule has 0 aliphatic heterocycles. The van der Waals surface area contributed by atoms with Crippen molar-refractivity contribution in [2.45, 2.75) is 399 Å². The van der Waals surface area contributed by atoms with E-state index >= 15 is 0 Å². The molecule has 0 heterocycles. The second-order valence-corrected chi connectivity index (χ2v) is 32.9. The molecule has 0 aromatic heterocycles. The van der Waals surface area contributed by atoms with Crippen molar-refractivity contribution in [3.05, 3.63) is 146 Å². The predicted molar refractivity (Wildman–Crippen MR) is 473 cm³/mol. The van der Waals surface area contributed by atoms with Gasteiger partial charge < -0.3 is 34.2 Å². The first-order chi connectivity index (χ1) is 55.2. The summed E-state index contributed by atoms with van der Waals surface area (Å²) in [7, 11) is -9.80. The second kappa shape index (κ2) is 86.8. The van der Waals surface area contributed by atoms with Crippen LogP contribution in [0.5, 0.6) is 0 Å². The molecule has 5 unspecified atom stereocenters. The van der Waals surface area contributed by atoms with Gasteiger partial charge in [0.1, 0.15) is 25.4 Å². The van der Waals surface area contributed by atoms with Crippen molar-refractivity contribution >= 4 is 33.6 Å². The fraction of sp³-hybridized carbons (Fsp3) is 0.716. The molecule has 0 rings (SSSR count). The first kappa shape index (κ1) is 108. The Morgan fingerprint density at radius 2 is 0.469 bits per heavy atom. The third-order valence-corrected chi connectivity index (χ3v) is 20.9. The van der Waals surface area contributed by atoms with Crippen LogP contribution in [0, 0.1) is 0 Å². The van der Waals surface area contributed by atoms with Gasteiger partial charge in [-0.1, -0.05) is 359 Å². The molecule has 0 saturated heterocycles. The normalized spacial score (nSPS) is 14.5. The lowest BCUT2D eigenvalue weighted by Crippen LogP contribution is -2.30. The van der Waals surface area contributed by atoms with Crippen molar-refractivity contribution in [3.8, 4) is 0 Å². The van der Waals surface area contributed by atoms with Crippen molar-refractivity contribution in [3.63, 3.8) is 0 Å². The molecule has 0 aromatic carbocycles. The zero-order valence-corrected chi connectivity index (χ0v) is 73.3. The largest absolute Gasteiger partial charge is 0.472 e. The van der Waals surface area contributed by atoms with E-state index < -0.39 is 91.5 Å². The number of ether oxygens (including phenoxy) is 3. The first-order valence-corrected chi connectivity index (χ1v) is 48.1. The van der Waals surface area contributed by atoms with E-state index in [9.17, 15) is 43.5 Å². The maximum Gasteiger partial charge on any atom is 0.472 e. The highest BCUT2D eigenvalue weighted by Crippen LogP contribution is 2.45. The molecule has 0 amide bonds. The summed E-state index contributed by atoms with van der Waals surface area (Å²) in [6, 6.07) is 0. The molecule has 0 saturated carbocycles. The van der Waals surface area contributed by atoms with E-state index in [4.69, 9.17) is 32.3 Å². The molecule has 16 nitrogen and oxygen atoms in total. The minimum absolute atomic E-state index is 0.0874. The SMILES string of the molecule is CC/C=C\C/C=C\C/C=C\C/C=C\C/C=C\C/C=C\CCCCCCCCCCCCCCCCC(=O)OCC(O)COP(=O)(O)OCC(O)COP(=O)(O)OCC(COC(=O)CCCCCCCCCCCCCCC/C=C\C/C=C\C/C=C\C/C=C\CCCCC)OC(=O)CCCCCCC/C=C\C/C=C\CCCCC. The van der Waals surface area contributed by atoms with Crippen LogP contribution in [0.25, 0.3) is 0 Å². The molecule has 0 radical (unpaired) electrons. The van der Waals surface area contributed by atoms with Crippen molar-refractivity contribution in [2.75, 3.05) is 39.6 Å².